The van der Waals surface area contributed by atoms with E-state index in [1.54, 1.807) is 12.1 Å². The van der Waals surface area contributed by atoms with E-state index in [2.05, 4.69) is 19.2 Å². The van der Waals surface area contributed by atoms with Gasteiger partial charge in [0, 0.05) is 11.4 Å². The Balaban J connectivity index is 1.87. The van der Waals surface area contributed by atoms with Crippen molar-refractivity contribution in [3.05, 3.63) is 24.3 Å². The normalized spacial score (nSPS) is 27.1. The van der Waals surface area contributed by atoms with Crippen molar-refractivity contribution < 1.29 is 9.53 Å². The predicted octanol–water partition coefficient (Wildman–Crippen LogP) is 3.44. The molecule has 0 spiro atoms. The fourth-order valence-electron chi connectivity index (χ4n) is 3.20. The van der Waals surface area contributed by atoms with E-state index in [9.17, 15) is 4.79 Å². The molecule has 1 aliphatic rings. The molecule has 116 valence electrons. The first-order valence-electron chi connectivity index (χ1n) is 7.76. The molecule has 1 aromatic carbocycles. The first-order valence-corrected chi connectivity index (χ1v) is 7.76. The van der Waals surface area contributed by atoms with Crippen molar-refractivity contribution in [3.8, 4) is 0 Å². The second-order valence-electron chi connectivity index (χ2n) is 6.43. The minimum atomic E-state index is -0.450. The number of nitrogen functional groups attached to an aromatic ring is 1. The fourth-order valence-corrected chi connectivity index (χ4v) is 3.20. The zero-order valence-electron chi connectivity index (χ0n) is 13.1. The minimum Gasteiger partial charge on any atom is -0.399 e. The number of carbonyl (C=O) groups is 1. The van der Waals surface area contributed by atoms with Crippen LogP contribution in [-0.4, -0.2) is 18.1 Å². The van der Waals surface area contributed by atoms with Crippen LogP contribution in [0.4, 0.5) is 11.4 Å². The molecule has 0 aromatic heterocycles. The second-order valence-corrected chi connectivity index (χ2v) is 6.43. The maximum absolute atomic E-state index is 12.2. The Hall–Kier alpha value is -1.55. The minimum absolute atomic E-state index is 0.119. The zero-order valence-corrected chi connectivity index (χ0v) is 13.1. The standard InChI is InChI=1S/C17H26N2O2/c1-11-7-12(2)9-16(8-11)21-13(3)17(20)19-15-6-4-5-14(18)10-15/h4-6,10-13,16H,7-9,18H2,1-3H3,(H,19,20). The molecule has 1 fully saturated rings. The van der Waals surface area contributed by atoms with Crippen LogP contribution in [0.15, 0.2) is 24.3 Å². The van der Waals surface area contributed by atoms with E-state index in [4.69, 9.17) is 10.5 Å². The third kappa shape index (κ3) is 4.74. The Labute approximate surface area is 127 Å². The van der Waals surface area contributed by atoms with Gasteiger partial charge in [-0.05, 0) is 56.2 Å². The molecule has 1 aromatic rings. The van der Waals surface area contributed by atoms with Gasteiger partial charge < -0.3 is 15.8 Å². The van der Waals surface area contributed by atoms with Crippen LogP contribution < -0.4 is 11.1 Å². The molecule has 3 N–H and O–H groups in total. The van der Waals surface area contributed by atoms with E-state index in [0.29, 0.717) is 23.2 Å². The summed E-state index contributed by atoms with van der Waals surface area (Å²) in [6, 6.07) is 7.18. The number of carbonyl (C=O) groups excluding carboxylic acids is 1. The van der Waals surface area contributed by atoms with Crippen molar-refractivity contribution in [1.82, 2.24) is 0 Å². The quantitative estimate of drug-likeness (QED) is 0.835. The lowest BCUT2D eigenvalue weighted by molar-refractivity contribution is -0.132. The van der Waals surface area contributed by atoms with E-state index in [1.807, 2.05) is 19.1 Å². The average Bonchev–Trinajstić information content (AvgIpc) is 2.37. The van der Waals surface area contributed by atoms with Crippen molar-refractivity contribution in [3.63, 3.8) is 0 Å². The molecule has 4 heteroatoms. The maximum Gasteiger partial charge on any atom is 0.253 e. The topological polar surface area (TPSA) is 64.3 Å². The summed E-state index contributed by atoms with van der Waals surface area (Å²) in [7, 11) is 0. The number of benzene rings is 1. The monoisotopic (exact) mass is 290 g/mol. The summed E-state index contributed by atoms with van der Waals surface area (Å²) in [5.74, 6) is 1.22. The lowest BCUT2D eigenvalue weighted by Gasteiger charge is -2.32. The summed E-state index contributed by atoms with van der Waals surface area (Å²) in [6.07, 6.45) is 3.07. The number of hydrogen-bond donors (Lipinski definition) is 2. The Morgan fingerprint density at radius 2 is 1.95 bits per heavy atom. The van der Waals surface area contributed by atoms with Gasteiger partial charge in [-0.25, -0.2) is 0 Å². The third-order valence-corrected chi connectivity index (χ3v) is 4.06. The Morgan fingerprint density at radius 3 is 2.57 bits per heavy atom. The number of amides is 1. The van der Waals surface area contributed by atoms with Gasteiger partial charge >= 0.3 is 0 Å². The van der Waals surface area contributed by atoms with Gasteiger partial charge in [0.1, 0.15) is 6.10 Å². The van der Waals surface area contributed by atoms with Gasteiger partial charge in [0.15, 0.2) is 0 Å². The number of hydrogen-bond acceptors (Lipinski definition) is 3. The molecule has 0 radical (unpaired) electrons. The Morgan fingerprint density at radius 1 is 1.29 bits per heavy atom. The molecule has 21 heavy (non-hydrogen) atoms. The lowest BCUT2D eigenvalue weighted by atomic mass is 9.82. The first-order chi connectivity index (χ1) is 9.94. The summed E-state index contributed by atoms with van der Waals surface area (Å²) in [6.45, 7) is 6.32. The van der Waals surface area contributed by atoms with E-state index < -0.39 is 6.10 Å². The summed E-state index contributed by atoms with van der Waals surface area (Å²) >= 11 is 0. The molecule has 0 bridgehead atoms. The molecule has 4 nitrogen and oxygen atoms in total. The van der Waals surface area contributed by atoms with E-state index in [-0.39, 0.29) is 12.0 Å². The van der Waals surface area contributed by atoms with Crippen LogP contribution >= 0.6 is 0 Å². The number of rotatable bonds is 4. The first kappa shape index (κ1) is 15.8. The molecule has 1 aliphatic carbocycles. The molecule has 0 saturated heterocycles. The molecular formula is C17H26N2O2. The number of anilines is 2. The summed E-state index contributed by atoms with van der Waals surface area (Å²) in [5.41, 5.74) is 7.05. The van der Waals surface area contributed by atoms with Crippen LogP contribution in [0.5, 0.6) is 0 Å². The fraction of sp³-hybridized carbons (Fsp3) is 0.588. The highest BCUT2D eigenvalue weighted by Crippen LogP contribution is 2.31. The number of ether oxygens (including phenoxy) is 1. The SMILES string of the molecule is CC1CC(C)CC(OC(C)C(=O)Nc2cccc(N)c2)C1. The van der Waals surface area contributed by atoms with Gasteiger partial charge in [-0.2, -0.15) is 0 Å². The van der Waals surface area contributed by atoms with Crippen LogP contribution in [0.25, 0.3) is 0 Å². The zero-order chi connectivity index (χ0) is 15.4. The molecule has 3 unspecified atom stereocenters. The smallest absolute Gasteiger partial charge is 0.253 e. The van der Waals surface area contributed by atoms with Crippen molar-refractivity contribution in [2.75, 3.05) is 11.1 Å². The molecule has 1 saturated carbocycles. The van der Waals surface area contributed by atoms with Crippen molar-refractivity contribution in [2.24, 2.45) is 11.8 Å². The van der Waals surface area contributed by atoms with Gasteiger partial charge in [0.05, 0.1) is 6.10 Å². The van der Waals surface area contributed by atoms with E-state index in [1.165, 1.54) is 6.42 Å². The van der Waals surface area contributed by atoms with Crippen molar-refractivity contribution in [2.45, 2.75) is 52.2 Å². The predicted molar refractivity (Wildman–Crippen MR) is 86.0 cm³/mol. The molecule has 2 rings (SSSR count). The Bertz CT molecular complexity index is 479. The van der Waals surface area contributed by atoms with Gasteiger partial charge in [-0.15, -0.1) is 0 Å². The highest BCUT2D eigenvalue weighted by molar-refractivity contribution is 5.94. The third-order valence-electron chi connectivity index (χ3n) is 4.06. The lowest BCUT2D eigenvalue weighted by Crippen LogP contribution is -2.35. The van der Waals surface area contributed by atoms with Gasteiger partial charge in [-0.3, -0.25) is 4.79 Å². The van der Waals surface area contributed by atoms with Crippen LogP contribution in [0.2, 0.25) is 0 Å². The summed E-state index contributed by atoms with van der Waals surface area (Å²) < 4.78 is 5.95. The molecule has 0 aliphatic heterocycles. The summed E-state index contributed by atoms with van der Waals surface area (Å²) in [4.78, 5) is 12.2. The van der Waals surface area contributed by atoms with Crippen molar-refractivity contribution in [1.29, 1.82) is 0 Å². The van der Waals surface area contributed by atoms with E-state index in [0.717, 1.165) is 12.8 Å². The van der Waals surface area contributed by atoms with E-state index >= 15 is 0 Å². The second kappa shape index (κ2) is 6.94. The van der Waals surface area contributed by atoms with Crippen LogP contribution in [0.1, 0.15) is 40.0 Å². The molecular weight excluding hydrogens is 264 g/mol. The number of nitrogens with two attached hydrogens (primary N) is 1. The van der Waals surface area contributed by atoms with Gasteiger partial charge in [0.2, 0.25) is 0 Å². The largest absolute Gasteiger partial charge is 0.399 e. The average molecular weight is 290 g/mol. The highest BCUT2D eigenvalue weighted by atomic mass is 16.5. The van der Waals surface area contributed by atoms with Gasteiger partial charge in [-0.1, -0.05) is 19.9 Å². The van der Waals surface area contributed by atoms with Gasteiger partial charge in [0.25, 0.3) is 5.91 Å². The molecule has 3 atom stereocenters. The highest BCUT2D eigenvalue weighted by Gasteiger charge is 2.27. The molecule has 0 heterocycles. The summed E-state index contributed by atoms with van der Waals surface area (Å²) in [5, 5.41) is 2.85. The number of nitrogens with one attached hydrogen (secondary N) is 1. The van der Waals surface area contributed by atoms with Crippen LogP contribution in [-0.2, 0) is 9.53 Å². The Kier molecular flexibility index (Phi) is 5.23. The van der Waals surface area contributed by atoms with Crippen LogP contribution in [0.3, 0.4) is 0 Å². The van der Waals surface area contributed by atoms with Crippen LogP contribution in [0, 0.1) is 11.8 Å². The molecule has 1 amide bonds. The maximum atomic E-state index is 12.2. The van der Waals surface area contributed by atoms with Crippen molar-refractivity contribution >= 4 is 17.3 Å².